The molecule has 3 rings (SSSR count). The van der Waals surface area contributed by atoms with Crippen molar-refractivity contribution in [3.05, 3.63) is 29.6 Å². The summed E-state index contributed by atoms with van der Waals surface area (Å²) in [7, 11) is 0. The van der Waals surface area contributed by atoms with Crippen LogP contribution >= 0.6 is 11.6 Å². The van der Waals surface area contributed by atoms with Crippen molar-refractivity contribution in [2.45, 2.75) is 45.6 Å². The van der Waals surface area contributed by atoms with Gasteiger partial charge < -0.3 is 4.57 Å². The maximum atomic E-state index is 5.91. The number of benzene rings is 1. The molecule has 0 radical (unpaired) electrons. The number of aromatic nitrogens is 2. The van der Waals surface area contributed by atoms with Gasteiger partial charge in [0.1, 0.15) is 5.82 Å². The van der Waals surface area contributed by atoms with Crippen LogP contribution in [0.1, 0.15) is 37.1 Å². The van der Waals surface area contributed by atoms with Crippen molar-refractivity contribution in [3.63, 3.8) is 0 Å². The van der Waals surface area contributed by atoms with E-state index in [0.717, 1.165) is 30.2 Å². The summed E-state index contributed by atoms with van der Waals surface area (Å²) in [5.74, 6) is 2.80. The Hall–Kier alpha value is -1.02. The van der Waals surface area contributed by atoms with Gasteiger partial charge in [-0.1, -0.05) is 18.9 Å². The topological polar surface area (TPSA) is 17.8 Å². The van der Waals surface area contributed by atoms with Crippen molar-refractivity contribution >= 4 is 22.6 Å². The van der Waals surface area contributed by atoms with E-state index in [9.17, 15) is 0 Å². The molecule has 2 nitrogen and oxygen atoms in total. The zero-order valence-corrected chi connectivity index (χ0v) is 12.3. The van der Waals surface area contributed by atoms with E-state index in [4.69, 9.17) is 16.6 Å². The molecule has 0 N–H and O–H groups in total. The van der Waals surface area contributed by atoms with Crippen LogP contribution in [0.5, 0.6) is 0 Å². The monoisotopic (exact) mass is 276 g/mol. The zero-order chi connectivity index (χ0) is 13.2. The average Bonchev–Trinajstić information content (AvgIpc) is 3.14. The van der Waals surface area contributed by atoms with Crippen LogP contribution in [-0.2, 0) is 13.0 Å². The lowest BCUT2D eigenvalue weighted by Gasteiger charge is -2.08. The Labute approximate surface area is 119 Å². The predicted molar refractivity (Wildman–Crippen MR) is 80.9 cm³/mol. The Kier molecular flexibility index (Phi) is 3.79. The summed E-state index contributed by atoms with van der Waals surface area (Å²) in [4.78, 5) is 4.76. The second-order valence-corrected chi connectivity index (χ2v) is 6.07. The fraction of sp³-hybridized carbons (Fsp3) is 0.562. The van der Waals surface area contributed by atoms with E-state index in [1.54, 1.807) is 0 Å². The van der Waals surface area contributed by atoms with Crippen molar-refractivity contribution in [1.82, 2.24) is 9.55 Å². The molecule has 2 aromatic rings. The molecular weight excluding hydrogens is 256 g/mol. The third kappa shape index (κ3) is 2.94. The Morgan fingerprint density at radius 1 is 1.37 bits per heavy atom. The van der Waals surface area contributed by atoms with Crippen molar-refractivity contribution in [1.29, 1.82) is 0 Å². The van der Waals surface area contributed by atoms with Gasteiger partial charge in [0.2, 0.25) is 0 Å². The minimum Gasteiger partial charge on any atom is -0.328 e. The van der Waals surface area contributed by atoms with E-state index in [1.165, 1.54) is 36.8 Å². The van der Waals surface area contributed by atoms with Crippen LogP contribution in [0.3, 0.4) is 0 Å². The highest BCUT2D eigenvalue weighted by Crippen LogP contribution is 2.33. The lowest BCUT2D eigenvalue weighted by atomic mass is 10.2. The number of imidazole rings is 1. The lowest BCUT2D eigenvalue weighted by Crippen LogP contribution is -2.05. The Morgan fingerprint density at radius 2 is 2.21 bits per heavy atom. The fourth-order valence-electron chi connectivity index (χ4n) is 2.76. The van der Waals surface area contributed by atoms with E-state index < -0.39 is 0 Å². The predicted octanol–water partition coefficient (Wildman–Crippen LogP) is 4.32. The SMILES string of the molecule is Cc1ccc2c(c1)nc(CCCl)n2CCCC1CC1. The standard InChI is InChI=1S/C16H21ClN2/c1-12-4-7-15-14(11-12)18-16(8-9-17)19(15)10-2-3-13-5-6-13/h4,7,11,13H,2-3,5-6,8-10H2,1H3. The molecule has 0 bridgehead atoms. The van der Waals surface area contributed by atoms with Gasteiger partial charge in [0.25, 0.3) is 0 Å². The van der Waals surface area contributed by atoms with Gasteiger partial charge in [-0.25, -0.2) is 4.98 Å². The summed E-state index contributed by atoms with van der Waals surface area (Å²) >= 11 is 5.91. The van der Waals surface area contributed by atoms with Crippen LogP contribution < -0.4 is 0 Å². The summed E-state index contributed by atoms with van der Waals surface area (Å²) < 4.78 is 2.37. The first kappa shape index (κ1) is 13.0. The van der Waals surface area contributed by atoms with Gasteiger partial charge in [0.05, 0.1) is 11.0 Å². The molecule has 1 aliphatic carbocycles. The first-order valence-electron chi connectivity index (χ1n) is 7.29. The van der Waals surface area contributed by atoms with Crippen LogP contribution in [0.4, 0.5) is 0 Å². The van der Waals surface area contributed by atoms with E-state index in [0.29, 0.717) is 5.88 Å². The van der Waals surface area contributed by atoms with E-state index in [-0.39, 0.29) is 0 Å². The Balaban J connectivity index is 1.86. The van der Waals surface area contributed by atoms with Crippen LogP contribution in [0.15, 0.2) is 18.2 Å². The smallest absolute Gasteiger partial charge is 0.111 e. The van der Waals surface area contributed by atoms with Crippen LogP contribution in [0.25, 0.3) is 11.0 Å². The number of hydrogen-bond acceptors (Lipinski definition) is 1. The number of aryl methyl sites for hydroxylation is 3. The van der Waals surface area contributed by atoms with E-state index >= 15 is 0 Å². The van der Waals surface area contributed by atoms with E-state index in [1.807, 2.05) is 0 Å². The largest absolute Gasteiger partial charge is 0.328 e. The maximum absolute atomic E-state index is 5.91. The van der Waals surface area contributed by atoms with Crippen LogP contribution in [-0.4, -0.2) is 15.4 Å². The molecule has 19 heavy (non-hydrogen) atoms. The van der Waals surface area contributed by atoms with Gasteiger partial charge >= 0.3 is 0 Å². The van der Waals surface area contributed by atoms with Crippen molar-refractivity contribution < 1.29 is 0 Å². The molecule has 1 aromatic heterocycles. The highest BCUT2D eigenvalue weighted by molar-refractivity contribution is 6.17. The van der Waals surface area contributed by atoms with Gasteiger partial charge in [0.15, 0.2) is 0 Å². The lowest BCUT2D eigenvalue weighted by molar-refractivity contribution is 0.571. The highest BCUT2D eigenvalue weighted by atomic mass is 35.5. The average molecular weight is 277 g/mol. The number of hydrogen-bond donors (Lipinski definition) is 0. The molecule has 1 fully saturated rings. The van der Waals surface area contributed by atoms with Crippen LogP contribution in [0, 0.1) is 12.8 Å². The molecular formula is C16H21ClN2. The molecule has 1 saturated carbocycles. The van der Waals surface area contributed by atoms with Crippen molar-refractivity contribution in [2.75, 3.05) is 5.88 Å². The molecule has 0 unspecified atom stereocenters. The summed E-state index contributed by atoms with van der Waals surface area (Å²) in [6, 6.07) is 6.54. The first-order chi connectivity index (χ1) is 9.28. The summed E-state index contributed by atoms with van der Waals surface area (Å²) in [5.41, 5.74) is 3.65. The molecule has 1 aromatic carbocycles. The minimum absolute atomic E-state index is 0.644. The molecule has 102 valence electrons. The van der Waals surface area contributed by atoms with Gasteiger partial charge in [0, 0.05) is 18.8 Å². The molecule has 0 spiro atoms. The molecule has 1 heterocycles. The number of nitrogens with zero attached hydrogens (tertiary/aromatic N) is 2. The Bertz CT molecular complexity index is 569. The zero-order valence-electron chi connectivity index (χ0n) is 11.5. The first-order valence-corrected chi connectivity index (χ1v) is 7.83. The van der Waals surface area contributed by atoms with Gasteiger partial charge in [-0.2, -0.15) is 0 Å². The van der Waals surface area contributed by atoms with Gasteiger partial charge in [-0.15, -0.1) is 11.6 Å². The second-order valence-electron chi connectivity index (χ2n) is 5.70. The Morgan fingerprint density at radius 3 is 2.95 bits per heavy atom. The second kappa shape index (κ2) is 5.54. The van der Waals surface area contributed by atoms with Crippen LogP contribution in [0.2, 0.25) is 0 Å². The number of alkyl halides is 1. The third-order valence-electron chi connectivity index (χ3n) is 3.99. The van der Waals surface area contributed by atoms with Gasteiger partial charge in [-0.3, -0.25) is 0 Å². The summed E-state index contributed by atoms with van der Waals surface area (Å²) in [5, 5.41) is 0. The molecule has 0 saturated heterocycles. The molecule has 0 aliphatic heterocycles. The van der Waals surface area contributed by atoms with Crippen molar-refractivity contribution in [2.24, 2.45) is 5.92 Å². The quantitative estimate of drug-likeness (QED) is 0.719. The normalized spacial score (nSPS) is 15.3. The van der Waals surface area contributed by atoms with Gasteiger partial charge in [-0.05, 0) is 43.4 Å². The van der Waals surface area contributed by atoms with Crippen molar-refractivity contribution in [3.8, 4) is 0 Å². The number of rotatable bonds is 6. The number of halogens is 1. The third-order valence-corrected chi connectivity index (χ3v) is 4.18. The summed E-state index contributed by atoms with van der Waals surface area (Å²) in [6.07, 6.45) is 6.38. The molecule has 0 amide bonds. The number of fused-ring (bicyclic) bond motifs is 1. The molecule has 0 atom stereocenters. The molecule has 3 heteroatoms. The minimum atomic E-state index is 0.644. The maximum Gasteiger partial charge on any atom is 0.111 e. The molecule has 1 aliphatic rings. The highest BCUT2D eigenvalue weighted by Gasteiger charge is 2.20. The summed E-state index contributed by atoms with van der Waals surface area (Å²) in [6.45, 7) is 3.20. The van der Waals surface area contributed by atoms with E-state index in [2.05, 4.69) is 29.7 Å². The fourth-order valence-corrected chi connectivity index (χ4v) is 2.93.